The van der Waals surface area contributed by atoms with Crippen molar-refractivity contribution in [3.8, 4) is 22.6 Å². The monoisotopic (exact) mass is 305 g/mol. The van der Waals surface area contributed by atoms with E-state index in [0.29, 0.717) is 5.75 Å². The van der Waals surface area contributed by atoms with E-state index in [1.165, 1.54) is 0 Å². The molecular formula is C17H20ClNO2. The highest BCUT2D eigenvalue weighted by Crippen LogP contribution is 2.38. The van der Waals surface area contributed by atoms with Crippen molar-refractivity contribution in [1.82, 2.24) is 5.32 Å². The van der Waals surface area contributed by atoms with Crippen molar-refractivity contribution in [3.05, 3.63) is 47.0 Å². The van der Waals surface area contributed by atoms with Gasteiger partial charge in [0.15, 0.2) is 11.5 Å². The molecule has 0 bridgehead atoms. The molecule has 0 saturated carbocycles. The maximum atomic E-state index is 6.37. The van der Waals surface area contributed by atoms with Gasteiger partial charge in [0.05, 0.1) is 14.2 Å². The summed E-state index contributed by atoms with van der Waals surface area (Å²) < 4.78 is 10.8. The highest BCUT2D eigenvalue weighted by molar-refractivity contribution is 6.31. The highest BCUT2D eigenvalue weighted by Gasteiger charge is 2.12. The van der Waals surface area contributed by atoms with Crippen LogP contribution in [0, 0.1) is 0 Å². The molecule has 0 aliphatic carbocycles. The van der Waals surface area contributed by atoms with Gasteiger partial charge in [-0.15, -0.1) is 0 Å². The molecule has 0 unspecified atom stereocenters. The van der Waals surface area contributed by atoms with E-state index < -0.39 is 0 Å². The number of hydrogen-bond acceptors (Lipinski definition) is 3. The Kier molecular flexibility index (Phi) is 5.48. The lowest BCUT2D eigenvalue weighted by Gasteiger charge is -2.14. The molecule has 0 radical (unpaired) electrons. The van der Waals surface area contributed by atoms with E-state index in [1.54, 1.807) is 14.2 Å². The molecule has 2 rings (SSSR count). The molecule has 1 N–H and O–H groups in total. The van der Waals surface area contributed by atoms with E-state index in [0.717, 1.165) is 40.6 Å². The van der Waals surface area contributed by atoms with Gasteiger partial charge >= 0.3 is 0 Å². The van der Waals surface area contributed by atoms with Gasteiger partial charge in [0.25, 0.3) is 0 Å². The molecule has 0 spiro atoms. The molecule has 2 aromatic carbocycles. The second-order valence-electron chi connectivity index (χ2n) is 4.63. The molecule has 3 nitrogen and oxygen atoms in total. The van der Waals surface area contributed by atoms with Crippen LogP contribution in [0.15, 0.2) is 36.4 Å². The first-order valence-corrected chi connectivity index (χ1v) is 7.29. The minimum absolute atomic E-state index is 0.711. The minimum Gasteiger partial charge on any atom is -0.493 e. The van der Waals surface area contributed by atoms with Gasteiger partial charge in [-0.05, 0) is 29.8 Å². The highest BCUT2D eigenvalue weighted by atomic mass is 35.5. The van der Waals surface area contributed by atoms with Crippen LogP contribution in [-0.4, -0.2) is 20.8 Å². The molecule has 0 aromatic heterocycles. The largest absolute Gasteiger partial charge is 0.493 e. The molecule has 0 atom stereocenters. The summed E-state index contributed by atoms with van der Waals surface area (Å²) in [6.07, 6.45) is 0. The molecule has 21 heavy (non-hydrogen) atoms. The molecule has 0 aliphatic rings. The number of rotatable bonds is 6. The molecule has 0 saturated heterocycles. The van der Waals surface area contributed by atoms with Crippen molar-refractivity contribution in [1.29, 1.82) is 0 Å². The van der Waals surface area contributed by atoms with Crippen LogP contribution in [0.1, 0.15) is 12.5 Å². The molecule has 4 heteroatoms. The predicted octanol–water partition coefficient (Wildman–Crippen LogP) is 4.13. The van der Waals surface area contributed by atoms with Gasteiger partial charge in [0, 0.05) is 17.1 Å². The summed E-state index contributed by atoms with van der Waals surface area (Å²) in [6.45, 7) is 3.76. The average Bonchev–Trinajstić information content (AvgIpc) is 2.52. The van der Waals surface area contributed by atoms with Crippen LogP contribution in [0.4, 0.5) is 0 Å². The van der Waals surface area contributed by atoms with Crippen molar-refractivity contribution in [2.45, 2.75) is 13.5 Å². The van der Waals surface area contributed by atoms with Gasteiger partial charge < -0.3 is 14.8 Å². The third-order valence-electron chi connectivity index (χ3n) is 3.33. The lowest BCUT2D eigenvalue weighted by molar-refractivity contribution is 0.356. The molecule has 2 aromatic rings. The number of nitrogens with one attached hydrogen (secondary N) is 1. The normalized spacial score (nSPS) is 10.5. The SMILES string of the molecule is CCNCc1ccc(-c2cccc(OC)c2OC)cc1Cl. The van der Waals surface area contributed by atoms with Crippen LogP contribution in [0.2, 0.25) is 5.02 Å². The smallest absolute Gasteiger partial charge is 0.168 e. The number of benzene rings is 2. The third kappa shape index (κ3) is 3.49. The molecule has 0 aliphatic heterocycles. The Morgan fingerprint density at radius 2 is 1.90 bits per heavy atom. The van der Waals surface area contributed by atoms with Crippen LogP contribution < -0.4 is 14.8 Å². The lowest BCUT2D eigenvalue weighted by atomic mass is 10.0. The zero-order chi connectivity index (χ0) is 15.2. The van der Waals surface area contributed by atoms with Crippen LogP contribution in [0.25, 0.3) is 11.1 Å². The van der Waals surface area contributed by atoms with E-state index in [2.05, 4.69) is 18.3 Å². The first kappa shape index (κ1) is 15.7. The van der Waals surface area contributed by atoms with Crippen LogP contribution in [-0.2, 0) is 6.54 Å². The van der Waals surface area contributed by atoms with Crippen LogP contribution in [0.5, 0.6) is 11.5 Å². The Labute approximate surface area is 130 Å². The summed E-state index contributed by atoms with van der Waals surface area (Å²) in [5.41, 5.74) is 3.06. The Balaban J connectivity index is 2.41. The quantitative estimate of drug-likeness (QED) is 0.870. The maximum absolute atomic E-state index is 6.37. The fourth-order valence-electron chi connectivity index (χ4n) is 2.23. The summed E-state index contributed by atoms with van der Waals surface area (Å²) in [5.74, 6) is 1.43. The standard InChI is InChI=1S/C17H20ClNO2/c1-4-19-11-13-9-8-12(10-15(13)18)14-6-5-7-16(20-2)17(14)21-3/h5-10,19H,4,11H2,1-3H3. The summed E-state index contributed by atoms with van der Waals surface area (Å²) in [7, 11) is 3.27. The molecule has 0 heterocycles. The van der Waals surface area contributed by atoms with Gasteiger partial charge in [-0.2, -0.15) is 0 Å². The second-order valence-corrected chi connectivity index (χ2v) is 5.03. The molecule has 112 valence electrons. The first-order chi connectivity index (χ1) is 10.2. The molecular weight excluding hydrogens is 286 g/mol. The fourth-order valence-corrected chi connectivity index (χ4v) is 2.48. The minimum atomic E-state index is 0.711. The lowest BCUT2D eigenvalue weighted by Crippen LogP contribution is -2.11. The number of halogens is 1. The third-order valence-corrected chi connectivity index (χ3v) is 3.68. The number of para-hydroxylation sites is 1. The Morgan fingerprint density at radius 3 is 2.52 bits per heavy atom. The van der Waals surface area contributed by atoms with E-state index in [4.69, 9.17) is 21.1 Å². The predicted molar refractivity (Wildman–Crippen MR) is 87.4 cm³/mol. The van der Waals surface area contributed by atoms with Crippen LogP contribution >= 0.6 is 11.6 Å². The summed E-state index contributed by atoms with van der Waals surface area (Å²) in [4.78, 5) is 0. The molecule has 0 amide bonds. The van der Waals surface area contributed by atoms with Crippen molar-refractivity contribution in [3.63, 3.8) is 0 Å². The van der Waals surface area contributed by atoms with Crippen molar-refractivity contribution < 1.29 is 9.47 Å². The maximum Gasteiger partial charge on any atom is 0.168 e. The van der Waals surface area contributed by atoms with Gasteiger partial charge in [0.2, 0.25) is 0 Å². The summed E-state index contributed by atoms with van der Waals surface area (Å²) >= 11 is 6.37. The first-order valence-electron chi connectivity index (χ1n) is 6.91. The van der Waals surface area contributed by atoms with E-state index in [-0.39, 0.29) is 0 Å². The van der Waals surface area contributed by atoms with Crippen molar-refractivity contribution in [2.24, 2.45) is 0 Å². The van der Waals surface area contributed by atoms with Gasteiger partial charge in [-0.3, -0.25) is 0 Å². The van der Waals surface area contributed by atoms with Gasteiger partial charge in [-0.25, -0.2) is 0 Å². The second kappa shape index (κ2) is 7.34. The van der Waals surface area contributed by atoms with Crippen molar-refractivity contribution >= 4 is 11.6 Å². The Hall–Kier alpha value is -1.71. The zero-order valence-electron chi connectivity index (χ0n) is 12.6. The van der Waals surface area contributed by atoms with Gasteiger partial charge in [-0.1, -0.05) is 42.8 Å². The topological polar surface area (TPSA) is 30.5 Å². The summed E-state index contributed by atoms with van der Waals surface area (Å²) in [6, 6.07) is 11.9. The van der Waals surface area contributed by atoms with E-state index in [9.17, 15) is 0 Å². The number of hydrogen-bond donors (Lipinski definition) is 1. The number of ether oxygens (including phenoxy) is 2. The van der Waals surface area contributed by atoms with Crippen molar-refractivity contribution in [2.75, 3.05) is 20.8 Å². The average molecular weight is 306 g/mol. The Bertz CT molecular complexity index is 614. The van der Waals surface area contributed by atoms with E-state index >= 15 is 0 Å². The Morgan fingerprint density at radius 1 is 1.10 bits per heavy atom. The van der Waals surface area contributed by atoms with E-state index in [1.807, 2.05) is 30.3 Å². The van der Waals surface area contributed by atoms with Crippen LogP contribution in [0.3, 0.4) is 0 Å². The number of methoxy groups -OCH3 is 2. The zero-order valence-corrected chi connectivity index (χ0v) is 13.3. The summed E-state index contributed by atoms with van der Waals surface area (Å²) in [5, 5.41) is 4.02. The molecule has 0 fully saturated rings. The fraction of sp³-hybridized carbons (Fsp3) is 0.294. The van der Waals surface area contributed by atoms with Gasteiger partial charge in [0.1, 0.15) is 0 Å².